The molecule has 1 heterocycles. The summed E-state index contributed by atoms with van der Waals surface area (Å²) in [5.41, 5.74) is 2.06. The number of β-amino-alcohol motifs (C(OH)–C–C–N with tert-alkyl or cyclic N) is 1. The number of hydrogen-bond acceptors (Lipinski definition) is 6. The van der Waals surface area contributed by atoms with Crippen LogP contribution >= 0.6 is 0 Å². The van der Waals surface area contributed by atoms with Crippen LogP contribution in [0.2, 0.25) is 0 Å². The molecule has 2 aromatic rings. The van der Waals surface area contributed by atoms with Gasteiger partial charge in [-0.2, -0.15) is 0 Å². The number of aliphatic hydroxyl groups is 4. The maximum Gasteiger partial charge on any atom is 0.119 e. The average Bonchev–Trinajstić information content (AvgIpc) is 2.67. The molecule has 0 aliphatic carbocycles. The maximum atomic E-state index is 10.0. The van der Waals surface area contributed by atoms with Crippen LogP contribution in [0.25, 0.3) is 0 Å². The van der Waals surface area contributed by atoms with Gasteiger partial charge < -0.3 is 25.2 Å². The minimum atomic E-state index is -1.24. The molecule has 4 N–H and O–H groups in total. The van der Waals surface area contributed by atoms with Gasteiger partial charge in [-0.05, 0) is 23.3 Å². The minimum Gasteiger partial charge on any atom is -0.489 e. The highest BCUT2D eigenvalue weighted by atomic mass is 16.5. The summed E-state index contributed by atoms with van der Waals surface area (Å²) in [6, 6.07) is 16.9. The van der Waals surface area contributed by atoms with Crippen molar-refractivity contribution in [2.24, 2.45) is 0 Å². The van der Waals surface area contributed by atoms with E-state index >= 15 is 0 Å². The molecule has 4 atom stereocenters. The highest BCUT2D eigenvalue weighted by Crippen LogP contribution is 2.22. The average molecular weight is 359 g/mol. The van der Waals surface area contributed by atoms with E-state index in [9.17, 15) is 20.4 Å². The zero-order chi connectivity index (χ0) is 18.5. The van der Waals surface area contributed by atoms with Gasteiger partial charge in [0, 0.05) is 13.1 Å². The fourth-order valence-corrected chi connectivity index (χ4v) is 3.23. The SMILES string of the molecule is OC[C@H]1C(O)[C@H](O)[C@@H](O)CN1Cc1ccc(OCc2ccccc2)cc1. The van der Waals surface area contributed by atoms with Crippen molar-refractivity contribution in [3.8, 4) is 5.75 Å². The van der Waals surface area contributed by atoms with Crippen molar-refractivity contribution in [1.82, 2.24) is 4.90 Å². The van der Waals surface area contributed by atoms with Crippen LogP contribution in [0.1, 0.15) is 11.1 Å². The Morgan fingerprint density at radius 1 is 0.885 bits per heavy atom. The number of ether oxygens (including phenoxy) is 1. The molecule has 3 rings (SSSR count). The molecule has 0 radical (unpaired) electrons. The van der Waals surface area contributed by atoms with E-state index in [1.807, 2.05) is 54.6 Å². The number of likely N-dealkylation sites (tertiary alicyclic amines) is 1. The second kappa shape index (κ2) is 8.62. The van der Waals surface area contributed by atoms with E-state index in [4.69, 9.17) is 4.74 Å². The van der Waals surface area contributed by atoms with Gasteiger partial charge in [-0.15, -0.1) is 0 Å². The molecule has 1 aliphatic heterocycles. The lowest BCUT2D eigenvalue weighted by molar-refractivity contribution is -0.147. The molecule has 6 heteroatoms. The molecule has 1 saturated heterocycles. The van der Waals surface area contributed by atoms with Gasteiger partial charge in [-0.3, -0.25) is 4.90 Å². The van der Waals surface area contributed by atoms with Crippen LogP contribution in [0.15, 0.2) is 54.6 Å². The van der Waals surface area contributed by atoms with Crippen LogP contribution < -0.4 is 4.74 Å². The first-order valence-corrected chi connectivity index (χ1v) is 8.73. The van der Waals surface area contributed by atoms with E-state index in [-0.39, 0.29) is 13.2 Å². The Balaban J connectivity index is 1.59. The summed E-state index contributed by atoms with van der Waals surface area (Å²) in [6.07, 6.45) is -3.46. The zero-order valence-electron chi connectivity index (χ0n) is 14.5. The van der Waals surface area contributed by atoms with E-state index in [1.165, 1.54) is 0 Å². The molecule has 0 saturated carbocycles. The number of hydrogen-bond donors (Lipinski definition) is 4. The third-order valence-corrected chi connectivity index (χ3v) is 4.77. The van der Waals surface area contributed by atoms with Gasteiger partial charge in [-0.25, -0.2) is 0 Å². The number of aliphatic hydroxyl groups excluding tert-OH is 4. The van der Waals surface area contributed by atoms with Gasteiger partial charge in [0.1, 0.15) is 24.6 Å². The van der Waals surface area contributed by atoms with Gasteiger partial charge in [-0.1, -0.05) is 42.5 Å². The number of rotatable bonds is 6. The van der Waals surface area contributed by atoms with Crippen LogP contribution in [0.4, 0.5) is 0 Å². The molecule has 0 spiro atoms. The van der Waals surface area contributed by atoms with Crippen LogP contribution in [0, 0.1) is 0 Å². The van der Waals surface area contributed by atoms with E-state index in [0.29, 0.717) is 13.2 Å². The lowest BCUT2D eigenvalue weighted by Gasteiger charge is -2.43. The number of nitrogens with zero attached hydrogens (tertiary/aromatic N) is 1. The molecule has 2 aromatic carbocycles. The second-order valence-corrected chi connectivity index (χ2v) is 6.65. The van der Waals surface area contributed by atoms with Gasteiger partial charge in [0.15, 0.2) is 0 Å². The van der Waals surface area contributed by atoms with Gasteiger partial charge in [0.25, 0.3) is 0 Å². The number of piperidine rings is 1. The summed E-state index contributed by atoms with van der Waals surface area (Å²) in [4.78, 5) is 1.78. The molecule has 26 heavy (non-hydrogen) atoms. The second-order valence-electron chi connectivity index (χ2n) is 6.65. The van der Waals surface area contributed by atoms with Gasteiger partial charge in [0.05, 0.1) is 18.8 Å². The minimum absolute atomic E-state index is 0.190. The summed E-state index contributed by atoms with van der Waals surface area (Å²) in [6.45, 7) is 0.846. The first-order chi connectivity index (χ1) is 12.6. The summed E-state index contributed by atoms with van der Waals surface area (Å²) in [5, 5.41) is 39.2. The number of benzene rings is 2. The van der Waals surface area contributed by atoms with Gasteiger partial charge >= 0.3 is 0 Å². The lowest BCUT2D eigenvalue weighted by Crippen LogP contribution is -2.62. The first kappa shape index (κ1) is 18.8. The molecule has 140 valence electrons. The molecule has 0 amide bonds. The van der Waals surface area contributed by atoms with Crippen molar-refractivity contribution >= 4 is 0 Å². The van der Waals surface area contributed by atoms with Crippen molar-refractivity contribution in [1.29, 1.82) is 0 Å². The largest absolute Gasteiger partial charge is 0.489 e. The summed E-state index contributed by atoms with van der Waals surface area (Å²) in [5.74, 6) is 0.755. The monoisotopic (exact) mass is 359 g/mol. The topological polar surface area (TPSA) is 93.4 Å². The standard InChI is InChI=1S/C20H25NO5/c22-12-17-19(24)20(25)18(23)11-21(17)10-14-6-8-16(9-7-14)26-13-15-4-2-1-3-5-15/h1-9,17-20,22-25H,10-13H2/t17-,18-,19?,20+/m0/s1. The van der Waals surface area contributed by atoms with E-state index in [2.05, 4.69) is 0 Å². The smallest absolute Gasteiger partial charge is 0.119 e. The van der Waals surface area contributed by atoms with Crippen LogP contribution in [0.3, 0.4) is 0 Å². The fourth-order valence-electron chi connectivity index (χ4n) is 3.23. The van der Waals surface area contributed by atoms with Crippen molar-refractivity contribution in [3.63, 3.8) is 0 Å². The van der Waals surface area contributed by atoms with E-state index in [0.717, 1.165) is 16.9 Å². The molecular formula is C20H25NO5. The maximum absolute atomic E-state index is 10.0. The predicted octanol–water partition coefficient (Wildman–Crippen LogP) is 0.525. The van der Waals surface area contributed by atoms with Crippen molar-refractivity contribution in [3.05, 3.63) is 65.7 Å². The summed E-state index contributed by atoms with van der Waals surface area (Å²) < 4.78 is 5.76. The van der Waals surface area contributed by atoms with Crippen LogP contribution in [-0.4, -0.2) is 62.8 Å². The van der Waals surface area contributed by atoms with Crippen molar-refractivity contribution in [2.75, 3.05) is 13.2 Å². The zero-order valence-corrected chi connectivity index (χ0v) is 14.5. The Bertz CT molecular complexity index is 678. The Labute approximate surface area is 152 Å². The van der Waals surface area contributed by atoms with Crippen molar-refractivity contribution < 1.29 is 25.2 Å². The Morgan fingerprint density at radius 2 is 1.58 bits per heavy atom. The highest BCUT2D eigenvalue weighted by molar-refractivity contribution is 5.28. The third-order valence-electron chi connectivity index (χ3n) is 4.77. The van der Waals surface area contributed by atoms with E-state index < -0.39 is 24.4 Å². The molecule has 0 aromatic heterocycles. The Hall–Kier alpha value is -1.96. The highest BCUT2D eigenvalue weighted by Gasteiger charge is 2.40. The molecule has 1 unspecified atom stereocenters. The normalized spacial score (nSPS) is 26.6. The Morgan fingerprint density at radius 3 is 2.23 bits per heavy atom. The van der Waals surface area contributed by atoms with E-state index in [1.54, 1.807) is 4.90 Å². The Kier molecular flexibility index (Phi) is 6.24. The summed E-state index contributed by atoms with van der Waals surface area (Å²) in [7, 11) is 0. The fraction of sp³-hybridized carbons (Fsp3) is 0.400. The van der Waals surface area contributed by atoms with Gasteiger partial charge in [0.2, 0.25) is 0 Å². The van der Waals surface area contributed by atoms with Crippen LogP contribution in [0.5, 0.6) is 5.75 Å². The van der Waals surface area contributed by atoms with Crippen molar-refractivity contribution in [2.45, 2.75) is 37.5 Å². The van der Waals surface area contributed by atoms with Crippen LogP contribution in [-0.2, 0) is 13.2 Å². The lowest BCUT2D eigenvalue weighted by atomic mass is 9.94. The molecule has 6 nitrogen and oxygen atoms in total. The predicted molar refractivity (Wildman–Crippen MR) is 96.5 cm³/mol. The molecule has 0 bridgehead atoms. The third kappa shape index (κ3) is 4.41. The molecule has 1 fully saturated rings. The quantitative estimate of drug-likeness (QED) is 0.601. The first-order valence-electron chi connectivity index (χ1n) is 8.73. The molecular weight excluding hydrogens is 334 g/mol. The summed E-state index contributed by atoms with van der Waals surface area (Å²) >= 11 is 0. The molecule has 1 aliphatic rings.